The van der Waals surface area contributed by atoms with Crippen LogP contribution in [-0.4, -0.2) is 33.4 Å². The second-order valence-corrected chi connectivity index (χ2v) is 8.54. The van der Waals surface area contributed by atoms with Crippen LogP contribution < -0.4 is 0 Å². The molecule has 0 aliphatic carbocycles. The van der Waals surface area contributed by atoms with E-state index in [0.717, 1.165) is 6.29 Å². The van der Waals surface area contributed by atoms with Crippen LogP contribution in [0.15, 0.2) is 12.3 Å². The first-order chi connectivity index (χ1) is 4.18. The molecule has 0 radical (unpaired) electrons. The Morgan fingerprint density at radius 2 is 2.00 bits per heavy atom. The minimum atomic E-state index is -1.12. The molecule has 9 heavy (non-hydrogen) atoms. The van der Waals surface area contributed by atoms with Gasteiger partial charge in [0.1, 0.15) is 0 Å². The number of rotatable bonds is 3. The van der Waals surface area contributed by atoms with Gasteiger partial charge in [-0.25, -0.2) is 0 Å². The van der Waals surface area contributed by atoms with Crippen LogP contribution in [0.2, 0.25) is 11.0 Å². The number of carbonyl (C=O) groups excluding carboxylic acids is 1. The van der Waals surface area contributed by atoms with Crippen molar-refractivity contribution < 1.29 is 4.79 Å². The molecule has 0 heterocycles. The zero-order valence-electron chi connectivity index (χ0n) is 6.16. The van der Waals surface area contributed by atoms with Gasteiger partial charge in [0.25, 0.3) is 0 Å². The molecule has 2 nitrogen and oxygen atoms in total. The standard InChI is InChI=1S/C4H7NO.2CH3.Ga/c1-5-3-2-4-6;;;/h2-4H,1H3,(H,5,6);2*1H3;/q;;;+1/p-1. The molecule has 0 aliphatic heterocycles. The van der Waals surface area contributed by atoms with Crippen molar-refractivity contribution in [1.82, 2.24) is 3.61 Å². The van der Waals surface area contributed by atoms with Gasteiger partial charge in [-0.2, -0.15) is 0 Å². The Morgan fingerprint density at radius 3 is 2.33 bits per heavy atom. The molecule has 0 aromatic rings. The van der Waals surface area contributed by atoms with E-state index in [0.29, 0.717) is 0 Å². The molecule has 0 aliphatic rings. The van der Waals surface area contributed by atoms with E-state index < -0.39 is 16.5 Å². The molecule has 50 valence electrons. The molecule has 0 bridgehead atoms. The monoisotopic (exact) mass is 183 g/mol. The van der Waals surface area contributed by atoms with Crippen molar-refractivity contribution in [2.24, 2.45) is 0 Å². The van der Waals surface area contributed by atoms with Gasteiger partial charge in [-0.05, 0) is 0 Å². The Bertz CT molecular complexity index is 112. The third-order valence-corrected chi connectivity index (χ3v) is 4.99. The number of nitrogens with zero attached hydrogens (tertiary/aromatic N) is 1. The van der Waals surface area contributed by atoms with Crippen LogP contribution in [0.5, 0.6) is 0 Å². The van der Waals surface area contributed by atoms with E-state index in [1.165, 1.54) is 6.08 Å². The summed E-state index contributed by atoms with van der Waals surface area (Å²) in [6, 6.07) is 0. The second-order valence-electron chi connectivity index (χ2n) is 2.24. The summed E-state index contributed by atoms with van der Waals surface area (Å²) in [5, 5.41) is 0. The summed E-state index contributed by atoms with van der Waals surface area (Å²) in [4.78, 5) is 9.84. The van der Waals surface area contributed by atoms with Crippen LogP contribution in [0.25, 0.3) is 0 Å². The van der Waals surface area contributed by atoms with E-state index in [2.05, 4.69) is 14.6 Å². The minimum absolute atomic E-state index is 0.807. The molecule has 0 saturated heterocycles. The van der Waals surface area contributed by atoms with Gasteiger partial charge < -0.3 is 0 Å². The number of carbonyl (C=O) groups is 1. The molecule has 0 spiro atoms. The molecule has 0 amide bonds. The molecule has 0 unspecified atom stereocenters. The molecule has 0 rings (SSSR count). The summed E-state index contributed by atoms with van der Waals surface area (Å²) >= 11 is -1.12. The number of allylic oxidation sites excluding steroid dienone is 1. The van der Waals surface area contributed by atoms with Gasteiger partial charge in [0, 0.05) is 0 Å². The Hall–Kier alpha value is -0.154. The van der Waals surface area contributed by atoms with Crippen molar-refractivity contribution in [3.63, 3.8) is 0 Å². The Kier molecular flexibility index (Phi) is 4.62. The van der Waals surface area contributed by atoms with E-state index in [9.17, 15) is 4.79 Å². The van der Waals surface area contributed by atoms with E-state index >= 15 is 0 Å². The first-order valence-electron chi connectivity index (χ1n) is 3.02. The van der Waals surface area contributed by atoms with Crippen LogP contribution >= 0.6 is 0 Å². The molecule has 0 saturated carbocycles. The maximum atomic E-state index is 9.84. The Labute approximate surface area is 61.8 Å². The fourth-order valence-electron chi connectivity index (χ4n) is 0.343. The van der Waals surface area contributed by atoms with Crippen LogP contribution in [0, 0.1) is 0 Å². The average Bonchev–Trinajstić information content (AvgIpc) is 1.82. The van der Waals surface area contributed by atoms with Gasteiger partial charge in [-0.3, -0.25) is 0 Å². The predicted molar refractivity (Wildman–Crippen MR) is 40.4 cm³/mol. The summed E-state index contributed by atoms with van der Waals surface area (Å²) in [6.07, 6.45) is 4.18. The first kappa shape index (κ1) is 8.85. The van der Waals surface area contributed by atoms with Crippen molar-refractivity contribution in [2.75, 3.05) is 7.05 Å². The average molecular weight is 184 g/mol. The molecule has 0 N–H and O–H groups in total. The summed E-state index contributed by atoms with van der Waals surface area (Å²) in [7, 11) is 2.02. The molecular formula is C6H12GaNO. The number of aldehydes is 1. The summed E-state index contributed by atoms with van der Waals surface area (Å²) in [6.45, 7) is 0. The van der Waals surface area contributed by atoms with E-state index in [1.807, 2.05) is 13.2 Å². The predicted octanol–water partition coefficient (Wildman–Crippen LogP) is 0.882. The third-order valence-electron chi connectivity index (χ3n) is 1.21. The first-order valence-corrected chi connectivity index (χ1v) is 8.95. The molecular weight excluding hydrogens is 172 g/mol. The van der Waals surface area contributed by atoms with Crippen molar-refractivity contribution in [3.8, 4) is 0 Å². The fourth-order valence-corrected chi connectivity index (χ4v) is 1.27. The zero-order chi connectivity index (χ0) is 7.28. The van der Waals surface area contributed by atoms with Crippen LogP contribution in [0.4, 0.5) is 0 Å². The molecule has 0 aromatic carbocycles. The van der Waals surface area contributed by atoms with Gasteiger partial charge in [-0.15, -0.1) is 0 Å². The van der Waals surface area contributed by atoms with Gasteiger partial charge in [0.15, 0.2) is 0 Å². The molecule has 0 aromatic heterocycles. The Morgan fingerprint density at radius 1 is 1.44 bits per heavy atom. The molecule has 0 fully saturated rings. The summed E-state index contributed by atoms with van der Waals surface area (Å²) in [5.74, 6) is 0. The number of hydrogen-bond donors (Lipinski definition) is 0. The van der Waals surface area contributed by atoms with Crippen LogP contribution in [0.3, 0.4) is 0 Å². The quantitative estimate of drug-likeness (QED) is 0.368. The van der Waals surface area contributed by atoms with Crippen molar-refractivity contribution >= 4 is 22.7 Å². The summed E-state index contributed by atoms with van der Waals surface area (Å²) < 4.78 is 2.15. The second kappa shape index (κ2) is 4.70. The van der Waals surface area contributed by atoms with Crippen molar-refractivity contribution in [3.05, 3.63) is 12.3 Å². The maximum absolute atomic E-state index is 9.84. The van der Waals surface area contributed by atoms with Crippen LogP contribution in [0.1, 0.15) is 0 Å². The number of hydrogen-bond acceptors (Lipinski definition) is 2. The topological polar surface area (TPSA) is 20.3 Å². The Balaban J connectivity index is 3.61. The van der Waals surface area contributed by atoms with Gasteiger partial charge in [-0.1, -0.05) is 0 Å². The fraction of sp³-hybridized carbons (Fsp3) is 0.500. The normalized spacial score (nSPS) is 9.67. The van der Waals surface area contributed by atoms with Gasteiger partial charge in [0.2, 0.25) is 0 Å². The SMILES string of the molecule is C[N](/C=C\C=O)[Ga]([CH3])[CH3]. The van der Waals surface area contributed by atoms with Gasteiger partial charge in [0.05, 0.1) is 0 Å². The third kappa shape index (κ3) is 4.36. The molecule has 3 heteroatoms. The van der Waals surface area contributed by atoms with E-state index in [-0.39, 0.29) is 0 Å². The zero-order valence-corrected chi connectivity index (χ0v) is 8.59. The van der Waals surface area contributed by atoms with Crippen molar-refractivity contribution in [2.45, 2.75) is 11.0 Å². The van der Waals surface area contributed by atoms with E-state index in [1.54, 1.807) is 0 Å². The van der Waals surface area contributed by atoms with E-state index in [4.69, 9.17) is 0 Å². The van der Waals surface area contributed by atoms with Gasteiger partial charge >= 0.3 is 61.4 Å². The molecule has 0 atom stereocenters. The summed E-state index contributed by atoms with van der Waals surface area (Å²) in [5.41, 5.74) is 4.50. The van der Waals surface area contributed by atoms with Crippen molar-refractivity contribution in [1.29, 1.82) is 0 Å². The van der Waals surface area contributed by atoms with Crippen LogP contribution in [-0.2, 0) is 4.79 Å².